The molecule has 0 aromatic carbocycles. The molecule has 0 aliphatic heterocycles. The van der Waals surface area contributed by atoms with E-state index in [0.717, 1.165) is 6.20 Å². The molecule has 1 radical (unpaired) electrons. The van der Waals surface area contributed by atoms with E-state index in [1.165, 1.54) is 0 Å². The van der Waals surface area contributed by atoms with Crippen LogP contribution in [0.1, 0.15) is 5.69 Å². The summed E-state index contributed by atoms with van der Waals surface area (Å²) < 4.78 is 35.4. The van der Waals surface area contributed by atoms with Gasteiger partial charge in [-0.3, -0.25) is 4.98 Å². The Morgan fingerprint density at radius 2 is 2.09 bits per heavy atom. The fourth-order valence-electron chi connectivity index (χ4n) is 0.493. The van der Waals surface area contributed by atoms with Crippen molar-refractivity contribution in [2.75, 3.05) is 0 Å². The molecule has 59 valence electrons. The predicted octanol–water partition coefficient (Wildman–Crippen LogP) is 2.55. The fraction of sp³-hybridized carbons (Fsp3) is 0.167. The Balaban J connectivity index is 2.99. The second kappa shape index (κ2) is 2.70. The number of nitrogens with zero attached hydrogens (tertiary/aromatic N) is 1. The summed E-state index contributed by atoms with van der Waals surface area (Å²) >= 11 is 5.28. The van der Waals surface area contributed by atoms with Gasteiger partial charge in [0.2, 0.25) is 0 Å². The Morgan fingerprint density at radius 1 is 1.45 bits per heavy atom. The van der Waals surface area contributed by atoms with E-state index in [2.05, 4.69) is 11.1 Å². The molecule has 0 N–H and O–H groups in total. The predicted molar refractivity (Wildman–Crippen MR) is 33.1 cm³/mol. The molecule has 0 bridgehead atoms. The molecule has 0 aliphatic rings. The third-order valence-electron chi connectivity index (χ3n) is 0.954. The van der Waals surface area contributed by atoms with E-state index in [1.54, 1.807) is 0 Å². The van der Waals surface area contributed by atoms with Crippen LogP contribution in [0.25, 0.3) is 0 Å². The van der Waals surface area contributed by atoms with Crippen LogP contribution in [0.3, 0.4) is 0 Å². The van der Waals surface area contributed by atoms with Gasteiger partial charge in [-0.15, -0.1) is 0 Å². The molecule has 0 aliphatic carbocycles. The van der Waals surface area contributed by atoms with E-state index in [-0.39, 0.29) is 5.02 Å². The summed E-state index contributed by atoms with van der Waals surface area (Å²) in [5.41, 5.74) is -0.984. The molecule has 0 saturated heterocycles. The Kier molecular flexibility index (Phi) is 2.04. The molecule has 1 heterocycles. The third kappa shape index (κ3) is 2.08. The van der Waals surface area contributed by atoms with Crippen molar-refractivity contribution < 1.29 is 13.2 Å². The third-order valence-corrected chi connectivity index (χ3v) is 1.16. The summed E-state index contributed by atoms with van der Waals surface area (Å²) in [4.78, 5) is 3.06. The first-order valence-corrected chi connectivity index (χ1v) is 2.98. The van der Waals surface area contributed by atoms with Crippen molar-refractivity contribution in [1.29, 1.82) is 0 Å². The number of rotatable bonds is 0. The van der Waals surface area contributed by atoms with Crippen molar-refractivity contribution in [2.24, 2.45) is 0 Å². The second-order valence-electron chi connectivity index (χ2n) is 1.78. The van der Waals surface area contributed by atoms with E-state index in [1.807, 2.05) is 0 Å². The van der Waals surface area contributed by atoms with Gasteiger partial charge in [0, 0.05) is 12.3 Å². The molecular formula is C6H2ClF3N. The molecule has 0 saturated carbocycles. The smallest absolute Gasteiger partial charge is 0.250 e. The zero-order chi connectivity index (χ0) is 8.48. The molecule has 0 fully saturated rings. The molecule has 0 atom stereocenters. The average Bonchev–Trinajstić information content (AvgIpc) is 1.86. The Labute approximate surface area is 65.8 Å². The van der Waals surface area contributed by atoms with Crippen LogP contribution in [0.5, 0.6) is 0 Å². The van der Waals surface area contributed by atoms with Crippen LogP contribution in [0.2, 0.25) is 5.02 Å². The molecule has 0 amide bonds. The summed E-state index contributed by atoms with van der Waals surface area (Å²) in [7, 11) is 0. The number of alkyl halides is 3. The lowest BCUT2D eigenvalue weighted by atomic mass is 10.3. The van der Waals surface area contributed by atoms with Gasteiger partial charge in [-0.25, -0.2) is 0 Å². The molecule has 1 rings (SSSR count). The van der Waals surface area contributed by atoms with E-state index in [9.17, 15) is 13.2 Å². The van der Waals surface area contributed by atoms with E-state index in [0.29, 0.717) is 6.07 Å². The Morgan fingerprint density at radius 3 is 2.45 bits per heavy atom. The van der Waals surface area contributed by atoms with E-state index >= 15 is 0 Å². The molecule has 1 nitrogen and oxygen atoms in total. The summed E-state index contributed by atoms with van der Waals surface area (Å²) in [5, 5.41) is 0.0676. The lowest BCUT2D eigenvalue weighted by molar-refractivity contribution is -0.141. The summed E-state index contributed by atoms with van der Waals surface area (Å²) in [6.45, 7) is 0. The van der Waals surface area contributed by atoms with Gasteiger partial charge < -0.3 is 0 Å². The number of aromatic nitrogens is 1. The zero-order valence-corrected chi connectivity index (χ0v) is 5.87. The highest BCUT2D eigenvalue weighted by atomic mass is 35.5. The van der Waals surface area contributed by atoms with Gasteiger partial charge in [0.15, 0.2) is 0 Å². The minimum atomic E-state index is -4.42. The molecule has 0 unspecified atom stereocenters. The Bertz CT molecular complexity index is 241. The highest BCUT2D eigenvalue weighted by molar-refractivity contribution is 6.30. The second-order valence-corrected chi connectivity index (χ2v) is 2.19. The maximum absolute atomic E-state index is 11.8. The van der Waals surface area contributed by atoms with E-state index < -0.39 is 11.9 Å². The molecule has 11 heavy (non-hydrogen) atoms. The van der Waals surface area contributed by atoms with Crippen LogP contribution < -0.4 is 0 Å². The molecule has 5 heteroatoms. The first-order valence-electron chi connectivity index (χ1n) is 2.60. The summed E-state index contributed by atoms with van der Waals surface area (Å²) in [6, 6.07) is 2.90. The quantitative estimate of drug-likeness (QED) is 0.598. The molecule has 1 aromatic rings. The van der Waals surface area contributed by atoms with Gasteiger partial charge in [-0.2, -0.15) is 13.2 Å². The Hall–Kier alpha value is -0.770. The van der Waals surface area contributed by atoms with Crippen LogP contribution in [0.4, 0.5) is 13.2 Å². The molecule has 1 aromatic heterocycles. The highest BCUT2D eigenvalue weighted by Crippen LogP contribution is 2.27. The maximum atomic E-state index is 11.8. The van der Waals surface area contributed by atoms with Crippen molar-refractivity contribution in [3.8, 4) is 0 Å². The van der Waals surface area contributed by atoms with Gasteiger partial charge in [0.25, 0.3) is 0 Å². The monoisotopic (exact) mass is 180 g/mol. The topological polar surface area (TPSA) is 12.9 Å². The summed E-state index contributed by atoms with van der Waals surface area (Å²) in [5.74, 6) is 0. The normalized spacial score (nSPS) is 11.6. The number of halogens is 4. The van der Waals surface area contributed by atoms with Gasteiger partial charge in [-0.1, -0.05) is 11.6 Å². The van der Waals surface area contributed by atoms with Crippen molar-refractivity contribution in [1.82, 2.24) is 4.98 Å². The van der Waals surface area contributed by atoms with Crippen molar-refractivity contribution >= 4 is 11.6 Å². The fourth-order valence-corrected chi connectivity index (χ4v) is 0.596. The maximum Gasteiger partial charge on any atom is 0.433 e. The van der Waals surface area contributed by atoms with Crippen LogP contribution in [0.15, 0.2) is 12.3 Å². The number of hydrogen-bond acceptors (Lipinski definition) is 1. The van der Waals surface area contributed by atoms with Crippen molar-refractivity contribution in [3.63, 3.8) is 0 Å². The van der Waals surface area contributed by atoms with Crippen LogP contribution in [0, 0.1) is 6.07 Å². The largest absolute Gasteiger partial charge is 0.433 e. The summed E-state index contributed by atoms with van der Waals surface area (Å²) in [6.07, 6.45) is -3.51. The van der Waals surface area contributed by atoms with Crippen molar-refractivity contribution in [3.05, 3.63) is 29.0 Å². The molecular weight excluding hydrogens is 179 g/mol. The van der Waals surface area contributed by atoms with Crippen molar-refractivity contribution in [2.45, 2.75) is 6.18 Å². The first kappa shape index (κ1) is 8.33. The first-order chi connectivity index (χ1) is 5.00. The average molecular weight is 181 g/mol. The van der Waals surface area contributed by atoms with Gasteiger partial charge in [-0.05, 0) is 6.07 Å². The van der Waals surface area contributed by atoms with Crippen LogP contribution >= 0.6 is 11.6 Å². The highest BCUT2D eigenvalue weighted by Gasteiger charge is 2.31. The van der Waals surface area contributed by atoms with Crippen LogP contribution in [-0.4, -0.2) is 4.98 Å². The lowest BCUT2D eigenvalue weighted by Crippen LogP contribution is -2.06. The van der Waals surface area contributed by atoms with Gasteiger partial charge >= 0.3 is 6.18 Å². The minimum absolute atomic E-state index is 0.0676. The standard InChI is InChI=1S/C6H2ClF3N/c7-4-1-2-5(11-3-4)6(8,9)10/h2-3H. The molecule has 0 spiro atoms. The minimum Gasteiger partial charge on any atom is -0.250 e. The van der Waals surface area contributed by atoms with Crippen LogP contribution in [-0.2, 0) is 6.18 Å². The SMILES string of the molecule is FC(F)(F)c1c[c]c(Cl)cn1. The zero-order valence-electron chi connectivity index (χ0n) is 5.11. The van der Waals surface area contributed by atoms with E-state index in [4.69, 9.17) is 11.6 Å². The van der Waals surface area contributed by atoms with Gasteiger partial charge in [0.05, 0.1) is 5.02 Å². The lowest BCUT2D eigenvalue weighted by Gasteiger charge is -2.03. The number of pyridine rings is 1. The number of hydrogen-bond donors (Lipinski definition) is 0. The van der Waals surface area contributed by atoms with Gasteiger partial charge in [0.1, 0.15) is 5.69 Å².